The molecule has 2 N–H and O–H groups in total. The Labute approximate surface area is 92.8 Å². The van der Waals surface area contributed by atoms with Crippen molar-refractivity contribution < 1.29 is 5.11 Å². The quantitative estimate of drug-likeness (QED) is 0.707. The number of nitrogens with zero attached hydrogens (tertiary/aromatic N) is 1. The number of aliphatic hydroxyl groups excluding tert-OH is 1. The number of likely N-dealkylation sites (tertiary alicyclic amines) is 1. The minimum Gasteiger partial charge on any atom is -0.394 e. The number of aliphatic hydroxyl groups is 1. The van der Waals surface area contributed by atoms with Crippen LogP contribution in [0, 0.1) is 11.8 Å². The number of rotatable bonds is 2. The van der Waals surface area contributed by atoms with Gasteiger partial charge in [0.15, 0.2) is 0 Å². The van der Waals surface area contributed by atoms with Gasteiger partial charge in [-0.25, -0.2) is 0 Å². The molecule has 3 heteroatoms. The molecule has 2 rings (SSSR count). The van der Waals surface area contributed by atoms with Crippen LogP contribution in [0.15, 0.2) is 0 Å². The van der Waals surface area contributed by atoms with E-state index in [-0.39, 0.29) is 12.1 Å². The molecule has 2 fully saturated rings. The molecule has 0 bridgehead atoms. The first-order valence-corrected chi connectivity index (χ1v) is 6.17. The summed E-state index contributed by atoms with van der Waals surface area (Å²) < 4.78 is 0. The second-order valence-electron chi connectivity index (χ2n) is 5.71. The third kappa shape index (κ3) is 2.52. The van der Waals surface area contributed by atoms with E-state index < -0.39 is 0 Å². The van der Waals surface area contributed by atoms with E-state index in [2.05, 4.69) is 24.2 Å². The zero-order chi connectivity index (χ0) is 10.9. The van der Waals surface area contributed by atoms with Crippen LogP contribution < -0.4 is 5.32 Å². The second kappa shape index (κ2) is 4.40. The Bertz CT molecular complexity index is 222. The van der Waals surface area contributed by atoms with Crippen molar-refractivity contribution in [3.05, 3.63) is 0 Å². The molecular weight excluding hydrogens is 188 g/mol. The average Bonchev–Trinajstić information content (AvgIpc) is 2.65. The standard InChI is InChI=1S/C12H24N2O/c1-12(9-15)7-10(3-5-13-12)11-4-6-14(2)8-11/h10-11,13,15H,3-9H2,1-2H3. The highest BCUT2D eigenvalue weighted by Gasteiger charge is 2.36. The summed E-state index contributed by atoms with van der Waals surface area (Å²) in [7, 11) is 2.21. The Morgan fingerprint density at radius 3 is 2.80 bits per heavy atom. The lowest BCUT2D eigenvalue weighted by molar-refractivity contribution is 0.0986. The average molecular weight is 212 g/mol. The molecule has 0 aromatic rings. The molecule has 2 saturated heterocycles. The highest BCUT2D eigenvalue weighted by molar-refractivity contribution is 4.93. The maximum Gasteiger partial charge on any atom is 0.0610 e. The molecule has 0 saturated carbocycles. The van der Waals surface area contributed by atoms with E-state index in [1.807, 2.05) is 0 Å². The van der Waals surface area contributed by atoms with Gasteiger partial charge in [0, 0.05) is 12.1 Å². The molecule has 0 aromatic carbocycles. The van der Waals surface area contributed by atoms with Gasteiger partial charge in [-0.1, -0.05) is 0 Å². The Morgan fingerprint density at radius 1 is 1.40 bits per heavy atom. The van der Waals surface area contributed by atoms with Crippen LogP contribution >= 0.6 is 0 Å². The normalized spacial score (nSPS) is 43.4. The Hall–Kier alpha value is -0.120. The summed E-state index contributed by atoms with van der Waals surface area (Å²) in [5, 5.41) is 12.8. The molecule has 0 amide bonds. The fourth-order valence-electron chi connectivity index (χ4n) is 3.19. The zero-order valence-electron chi connectivity index (χ0n) is 10.00. The van der Waals surface area contributed by atoms with E-state index in [4.69, 9.17) is 0 Å². The Balaban J connectivity index is 1.92. The minimum absolute atomic E-state index is 0.0237. The van der Waals surface area contributed by atoms with Gasteiger partial charge in [0.25, 0.3) is 0 Å². The van der Waals surface area contributed by atoms with Crippen LogP contribution in [0.3, 0.4) is 0 Å². The fourth-order valence-corrected chi connectivity index (χ4v) is 3.19. The highest BCUT2D eigenvalue weighted by Crippen LogP contribution is 2.34. The molecular formula is C12H24N2O. The lowest BCUT2D eigenvalue weighted by Gasteiger charge is -2.40. The van der Waals surface area contributed by atoms with Gasteiger partial charge < -0.3 is 15.3 Å². The fraction of sp³-hybridized carbons (Fsp3) is 1.00. The van der Waals surface area contributed by atoms with Crippen molar-refractivity contribution >= 4 is 0 Å². The molecule has 0 aliphatic carbocycles. The maximum atomic E-state index is 9.39. The van der Waals surface area contributed by atoms with E-state index in [1.165, 1.54) is 25.9 Å². The molecule has 0 spiro atoms. The van der Waals surface area contributed by atoms with Gasteiger partial charge in [-0.15, -0.1) is 0 Å². The van der Waals surface area contributed by atoms with Crippen LogP contribution in [0.1, 0.15) is 26.2 Å². The van der Waals surface area contributed by atoms with Crippen LogP contribution in [-0.4, -0.2) is 48.8 Å². The Kier molecular flexibility index (Phi) is 3.33. The largest absolute Gasteiger partial charge is 0.394 e. The first-order valence-electron chi connectivity index (χ1n) is 6.17. The molecule has 3 nitrogen and oxygen atoms in total. The van der Waals surface area contributed by atoms with Crippen LogP contribution in [0.4, 0.5) is 0 Å². The lowest BCUT2D eigenvalue weighted by Crippen LogP contribution is -2.52. The number of nitrogens with one attached hydrogen (secondary N) is 1. The van der Waals surface area contributed by atoms with Gasteiger partial charge >= 0.3 is 0 Å². The topological polar surface area (TPSA) is 35.5 Å². The van der Waals surface area contributed by atoms with Crippen molar-refractivity contribution in [1.82, 2.24) is 10.2 Å². The molecule has 0 aromatic heterocycles. The number of hydrogen-bond acceptors (Lipinski definition) is 3. The molecule has 2 heterocycles. The SMILES string of the molecule is CN1CCC(C2CCNC(C)(CO)C2)C1. The summed E-state index contributed by atoms with van der Waals surface area (Å²) in [4.78, 5) is 2.43. The zero-order valence-corrected chi connectivity index (χ0v) is 10.00. The predicted octanol–water partition coefficient (Wildman–Crippen LogP) is 0.689. The number of piperidine rings is 1. The molecule has 15 heavy (non-hydrogen) atoms. The molecule has 3 atom stereocenters. The summed E-state index contributed by atoms with van der Waals surface area (Å²) in [6.07, 6.45) is 3.78. The van der Waals surface area contributed by atoms with Crippen LogP contribution in [0.5, 0.6) is 0 Å². The van der Waals surface area contributed by atoms with E-state index in [0.717, 1.165) is 24.8 Å². The van der Waals surface area contributed by atoms with E-state index in [9.17, 15) is 5.11 Å². The maximum absolute atomic E-state index is 9.39. The van der Waals surface area contributed by atoms with Crippen molar-refractivity contribution in [3.8, 4) is 0 Å². The van der Waals surface area contributed by atoms with Gasteiger partial charge in [0.2, 0.25) is 0 Å². The summed E-state index contributed by atoms with van der Waals surface area (Å²) in [6.45, 7) is 6.00. The predicted molar refractivity (Wildman–Crippen MR) is 61.8 cm³/mol. The summed E-state index contributed by atoms with van der Waals surface area (Å²) in [5.74, 6) is 1.68. The molecule has 88 valence electrons. The molecule has 3 unspecified atom stereocenters. The van der Waals surface area contributed by atoms with Crippen LogP contribution in [0.2, 0.25) is 0 Å². The van der Waals surface area contributed by atoms with Crippen molar-refractivity contribution in [2.24, 2.45) is 11.8 Å². The van der Waals surface area contributed by atoms with Gasteiger partial charge in [-0.3, -0.25) is 0 Å². The monoisotopic (exact) mass is 212 g/mol. The van der Waals surface area contributed by atoms with Crippen molar-refractivity contribution in [2.75, 3.05) is 33.3 Å². The second-order valence-corrected chi connectivity index (χ2v) is 5.71. The lowest BCUT2D eigenvalue weighted by atomic mass is 9.76. The van der Waals surface area contributed by atoms with Crippen molar-refractivity contribution in [3.63, 3.8) is 0 Å². The summed E-state index contributed by atoms with van der Waals surface area (Å²) in [5.41, 5.74) is -0.0237. The van der Waals surface area contributed by atoms with Crippen molar-refractivity contribution in [2.45, 2.75) is 31.7 Å². The smallest absolute Gasteiger partial charge is 0.0610 e. The van der Waals surface area contributed by atoms with Crippen molar-refractivity contribution in [1.29, 1.82) is 0 Å². The highest BCUT2D eigenvalue weighted by atomic mass is 16.3. The molecule has 0 radical (unpaired) electrons. The third-order valence-corrected chi connectivity index (χ3v) is 4.22. The van der Waals surface area contributed by atoms with E-state index in [1.54, 1.807) is 0 Å². The van der Waals surface area contributed by atoms with Crippen LogP contribution in [-0.2, 0) is 0 Å². The van der Waals surface area contributed by atoms with Gasteiger partial charge in [-0.05, 0) is 58.2 Å². The first kappa shape index (κ1) is 11.4. The van der Waals surface area contributed by atoms with E-state index >= 15 is 0 Å². The van der Waals surface area contributed by atoms with E-state index in [0.29, 0.717) is 0 Å². The van der Waals surface area contributed by atoms with Gasteiger partial charge in [0.05, 0.1) is 6.61 Å². The number of hydrogen-bond donors (Lipinski definition) is 2. The molecule has 2 aliphatic rings. The van der Waals surface area contributed by atoms with Gasteiger partial charge in [0.1, 0.15) is 0 Å². The molecule has 2 aliphatic heterocycles. The summed E-state index contributed by atoms with van der Waals surface area (Å²) in [6, 6.07) is 0. The van der Waals surface area contributed by atoms with Gasteiger partial charge in [-0.2, -0.15) is 0 Å². The minimum atomic E-state index is -0.0237. The third-order valence-electron chi connectivity index (χ3n) is 4.22. The Morgan fingerprint density at radius 2 is 2.20 bits per heavy atom. The van der Waals surface area contributed by atoms with Crippen LogP contribution in [0.25, 0.3) is 0 Å². The summed E-state index contributed by atoms with van der Waals surface area (Å²) >= 11 is 0. The first-order chi connectivity index (χ1) is 7.13.